The van der Waals surface area contributed by atoms with Gasteiger partial charge in [0.25, 0.3) is 5.91 Å². The molecule has 24 heavy (non-hydrogen) atoms. The van der Waals surface area contributed by atoms with E-state index in [1.54, 1.807) is 6.20 Å². The highest BCUT2D eigenvalue weighted by Crippen LogP contribution is 2.24. The molecule has 3 aliphatic rings. The predicted molar refractivity (Wildman–Crippen MR) is 94.6 cm³/mol. The standard InChI is InChI=1S/C17H27N6O/c1-22-6-9-23(10-7-22,11-8-22)13-17(24)21-16-3-5-20-15(12-16)2-4-19-14-18/h3,5,12,14H,2,4,6-11,13H2,1H3,(H2-,18,19,20,21,24)/q+1/p+1. The third-order valence-corrected chi connectivity index (χ3v) is 5.52. The lowest BCUT2D eigenvalue weighted by Gasteiger charge is -2.53. The number of likely N-dealkylation sites (N-methyl/N-ethyl adjacent to an activating group) is 1. The smallest absolute Gasteiger partial charge is 0.279 e. The molecule has 4 heterocycles. The van der Waals surface area contributed by atoms with Crippen molar-refractivity contribution in [3.63, 3.8) is 0 Å². The molecule has 1 aromatic rings. The van der Waals surface area contributed by atoms with Gasteiger partial charge in [-0.1, -0.05) is 0 Å². The minimum Gasteiger partial charge on any atom is -0.390 e. The molecule has 0 spiro atoms. The van der Waals surface area contributed by atoms with Crippen LogP contribution in [0.2, 0.25) is 0 Å². The summed E-state index contributed by atoms with van der Waals surface area (Å²) in [5.41, 5.74) is 6.97. The van der Waals surface area contributed by atoms with E-state index in [0.29, 0.717) is 19.5 Å². The van der Waals surface area contributed by atoms with Crippen LogP contribution in [0.25, 0.3) is 0 Å². The topological polar surface area (TPSA) is 80.4 Å². The van der Waals surface area contributed by atoms with Gasteiger partial charge in [0, 0.05) is 30.5 Å². The van der Waals surface area contributed by atoms with E-state index in [-0.39, 0.29) is 5.91 Å². The van der Waals surface area contributed by atoms with Crippen LogP contribution >= 0.6 is 0 Å². The molecule has 0 saturated carbocycles. The number of carbonyl (C=O) groups is 1. The molecule has 3 fully saturated rings. The lowest BCUT2D eigenvalue weighted by molar-refractivity contribution is -1.07. The number of anilines is 1. The van der Waals surface area contributed by atoms with E-state index >= 15 is 0 Å². The lowest BCUT2D eigenvalue weighted by Crippen LogP contribution is -2.74. The van der Waals surface area contributed by atoms with E-state index in [9.17, 15) is 4.79 Å². The van der Waals surface area contributed by atoms with E-state index in [0.717, 1.165) is 35.5 Å². The number of aromatic nitrogens is 1. The van der Waals surface area contributed by atoms with Crippen molar-refractivity contribution >= 4 is 17.9 Å². The average molecular weight is 332 g/mol. The van der Waals surface area contributed by atoms with Crippen molar-refractivity contribution in [3.8, 4) is 0 Å². The first-order valence-electron chi connectivity index (χ1n) is 8.66. The molecule has 2 bridgehead atoms. The largest absolute Gasteiger partial charge is 0.390 e. The number of quaternary nitrogens is 2. The Kier molecular flexibility index (Phi) is 4.82. The zero-order valence-corrected chi connectivity index (χ0v) is 14.4. The lowest BCUT2D eigenvalue weighted by atomic mass is 10.1. The van der Waals surface area contributed by atoms with Crippen LogP contribution in [0.4, 0.5) is 5.69 Å². The highest BCUT2D eigenvalue weighted by Gasteiger charge is 2.47. The van der Waals surface area contributed by atoms with Gasteiger partial charge in [-0.05, 0) is 12.1 Å². The Morgan fingerprint density at radius 1 is 1.33 bits per heavy atom. The molecule has 0 unspecified atom stereocenters. The average Bonchev–Trinajstić information content (AvgIpc) is 2.57. The van der Waals surface area contributed by atoms with Crippen molar-refractivity contribution < 1.29 is 13.8 Å². The third-order valence-electron chi connectivity index (χ3n) is 5.52. The van der Waals surface area contributed by atoms with E-state index < -0.39 is 0 Å². The molecular weight excluding hydrogens is 304 g/mol. The maximum atomic E-state index is 12.5. The Hall–Kier alpha value is -1.99. The Balaban J connectivity index is 1.56. The van der Waals surface area contributed by atoms with Gasteiger partial charge in [-0.2, -0.15) is 0 Å². The van der Waals surface area contributed by atoms with Gasteiger partial charge in [0.15, 0.2) is 6.54 Å². The van der Waals surface area contributed by atoms with Gasteiger partial charge in [0.05, 0.1) is 13.4 Å². The van der Waals surface area contributed by atoms with Crippen molar-refractivity contribution in [3.05, 3.63) is 24.0 Å². The maximum absolute atomic E-state index is 12.5. The Morgan fingerprint density at radius 3 is 2.71 bits per heavy atom. The third kappa shape index (κ3) is 3.91. The number of rotatable bonds is 6. The summed E-state index contributed by atoms with van der Waals surface area (Å²) >= 11 is 0. The first kappa shape index (κ1) is 16.9. The quantitative estimate of drug-likeness (QED) is 0.432. The van der Waals surface area contributed by atoms with E-state index in [1.807, 2.05) is 12.1 Å². The summed E-state index contributed by atoms with van der Waals surface area (Å²) in [6, 6.07) is 3.76. The van der Waals surface area contributed by atoms with Gasteiger partial charge in [0.1, 0.15) is 39.3 Å². The second-order valence-electron chi connectivity index (χ2n) is 7.35. The first-order chi connectivity index (χ1) is 11.5. The van der Waals surface area contributed by atoms with Gasteiger partial charge in [-0.25, -0.2) is 0 Å². The SMILES string of the molecule is C[N+]12CC[N+](CC(=O)Nc3ccnc(CCN=CN)c3)(CC1)CC2. The Bertz CT molecular complexity index is 605. The number of piperazine rings is 3. The molecule has 7 nitrogen and oxygen atoms in total. The number of nitrogens with zero attached hydrogens (tertiary/aromatic N) is 4. The normalized spacial score (nSPS) is 29.0. The molecule has 4 rings (SSSR count). The summed E-state index contributed by atoms with van der Waals surface area (Å²) in [5.74, 6) is 0.102. The second kappa shape index (κ2) is 6.86. The fourth-order valence-electron chi connectivity index (χ4n) is 3.72. The van der Waals surface area contributed by atoms with Gasteiger partial charge in [-0.3, -0.25) is 14.8 Å². The molecule has 3 N–H and O–H groups in total. The number of amides is 1. The minimum atomic E-state index is 0.102. The van der Waals surface area contributed by atoms with Crippen molar-refractivity contribution in [2.45, 2.75) is 6.42 Å². The number of fused-ring (bicyclic) bond motifs is 3. The molecule has 0 radical (unpaired) electrons. The van der Waals surface area contributed by atoms with Crippen molar-refractivity contribution in [2.24, 2.45) is 10.7 Å². The monoisotopic (exact) mass is 332 g/mol. The van der Waals surface area contributed by atoms with Crippen LogP contribution in [-0.2, 0) is 11.2 Å². The summed E-state index contributed by atoms with van der Waals surface area (Å²) in [5, 5.41) is 3.04. The van der Waals surface area contributed by atoms with Gasteiger partial charge < -0.3 is 20.0 Å². The predicted octanol–water partition coefficient (Wildman–Crippen LogP) is -0.160. The van der Waals surface area contributed by atoms with Crippen molar-refractivity contribution in [1.82, 2.24) is 4.98 Å². The molecule has 7 heteroatoms. The highest BCUT2D eigenvalue weighted by molar-refractivity contribution is 5.91. The van der Waals surface area contributed by atoms with Crippen LogP contribution in [0.1, 0.15) is 5.69 Å². The molecule has 130 valence electrons. The number of aliphatic imine (C=N–C) groups is 1. The van der Waals surface area contributed by atoms with Gasteiger partial charge >= 0.3 is 0 Å². The molecular formula is C17H28N6O+2. The zero-order chi connectivity index (χ0) is 17.0. The van der Waals surface area contributed by atoms with Crippen LogP contribution in [0.15, 0.2) is 23.3 Å². The summed E-state index contributed by atoms with van der Waals surface area (Å²) in [7, 11) is 2.33. The summed E-state index contributed by atoms with van der Waals surface area (Å²) in [4.78, 5) is 20.8. The first-order valence-corrected chi connectivity index (χ1v) is 8.66. The van der Waals surface area contributed by atoms with E-state index in [1.165, 1.54) is 30.5 Å². The summed E-state index contributed by atoms with van der Waals surface area (Å²) in [6.07, 6.45) is 3.75. The van der Waals surface area contributed by atoms with E-state index in [2.05, 4.69) is 22.3 Å². The molecule has 0 atom stereocenters. The van der Waals surface area contributed by atoms with Crippen LogP contribution in [0.5, 0.6) is 0 Å². The minimum absolute atomic E-state index is 0.102. The number of nitrogens with two attached hydrogens (primary N) is 1. The Labute approximate surface area is 143 Å². The molecule has 1 amide bonds. The second-order valence-corrected chi connectivity index (χ2v) is 7.35. The molecule has 1 aromatic heterocycles. The maximum Gasteiger partial charge on any atom is 0.279 e. The fraction of sp³-hybridized carbons (Fsp3) is 0.588. The van der Waals surface area contributed by atoms with Crippen LogP contribution in [0, 0.1) is 0 Å². The number of carbonyl (C=O) groups excluding carboxylic acids is 1. The van der Waals surface area contributed by atoms with Crippen molar-refractivity contribution in [1.29, 1.82) is 0 Å². The number of nitrogens with one attached hydrogen (secondary N) is 1. The van der Waals surface area contributed by atoms with Crippen LogP contribution in [0.3, 0.4) is 0 Å². The van der Waals surface area contributed by atoms with Gasteiger partial charge in [-0.15, -0.1) is 0 Å². The Morgan fingerprint density at radius 2 is 2.04 bits per heavy atom. The van der Waals surface area contributed by atoms with Crippen LogP contribution < -0.4 is 11.1 Å². The molecule has 3 saturated heterocycles. The summed E-state index contributed by atoms with van der Waals surface area (Å²) in [6.45, 7) is 8.10. The van der Waals surface area contributed by atoms with Gasteiger partial charge in [0.2, 0.25) is 0 Å². The fourth-order valence-corrected chi connectivity index (χ4v) is 3.72. The molecule has 3 aliphatic heterocycles. The number of pyridine rings is 1. The molecule has 0 aliphatic carbocycles. The zero-order valence-electron chi connectivity index (χ0n) is 14.4. The molecule has 0 aromatic carbocycles. The van der Waals surface area contributed by atoms with Crippen molar-refractivity contribution in [2.75, 3.05) is 64.7 Å². The van der Waals surface area contributed by atoms with E-state index in [4.69, 9.17) is 5.73 Å². The number of hydrogen-bond acceptors (Lipinski definition) is 3. The van der Waals surface area contributed by atoms with Crippen LogP contribution in [-0.4, -0.2) is 85.6 Å². The highest BCUT2D eigenvalue weighted by atomic mass is 16.2. The summed E-state index contributed by atoms with van der Waals surface area (Å²) < 4.78 is 2.13. The number of hydrogen-bond donors (Lipinski definition) is 2.